The lowest BCUT2D eigenvalue weighted by Crippen LogP contribution is -2.48. The summed E-state index contributed by atoms with van der Waals surface area (Å²) in [4.78, 5) is 0. The smallest absolute Gasteiger partial charge is 0.0465 e. The molecule has 0 aromatic carbocycles. The second-order valence-electron chi connectivity index (χ2n) is 8.74. The number of aliphatic hydroxyl groups is 1. The third-order valence-corrected chi connectivity index (χ3v) is 6.75. The van der Waals surface area contributed by atoms with Gasteiger partial charge in [-0.2, -0.15) is 0 Å². The van der Waals surface area contributed by atoms with Crippen LogP contribution in [0.15, 0.2) is 23.3 Å². The molecule has 0 unspecified atom stereocenters. The molecular weight excluding hydrogens is 268 g/mol. The minimum absolute atomic E-state index is 0.272. The molecule has 3 atom stereocenters. The van der Waals surface area contributed by atoms with Gasteiger partial charge in [0.05, 0.1) is 0 Å². The molecule has 0 radical (unpaired) electrons. The summed E-state index contributed by atoms with van der Waals surface area (Å²) in [7, 11) is 0. The molecule has 0 heterocycles. The van der Waals surface area contributed by atoms with Crippen LogP contribution in [0.5, 0.6) is 0 Å². The zero-order valence-electron chi connectivity index (χ0n) is 15.4. The molecule has 1 saturated carbocycles. The van der Waals surface area contributed by atoms with Crippen LogP contribution in [0.1, 0.15) is 79.6 Å². The molecule has 1 N–H and O–H groups in total. The van der Waals surface area contributed by atoms with Crippen LogP contribution >= 0.6 is 0 Å². The van der Waals surface area contributed by atoms with Crippen LogP contribution in [-0.4, -0.2) is 11.7 Å². The normalized spacial score (nSPS) is 35.0. The fourth-order valence-electron chi connectivity index (χ4n) is 5.48. The van der Waals surface area contributed by atoms with Crippen molar-refractivity contribution in [3.63, 3.8) is 0 Å². The van der Waals surface area contributed by atoms with Gasteiger partial charge in [-0.3, -0.25) is 0 Å². The monoisotopic (exact) mass is 304 g/mol. The zero-order valence-corrected chi connectivity index (χ0v) is 15.4. The molecule has 2 aliphatic carbocycles. The molecule has 1 fully saturated rings. The maximum absolute atomic E-state index is 8.97. The Kier molecular flexibility index (Phi) is 5.59. The summed E-state index contributed by atoms with van der Waals surface area (Å²) < 4.78 is 0. The molecule has 0 aromatic rings. The second kappa shape index (κ2) is 6.91. The summed E-state index contributed by atoms with van der Waals surface area (Å²) in [5.74, 6) is 1.58. The van der Waals surface area contributed by atoms with Gasteiger partial charge in [-0.15, -0.1) is 0 Å². The highest BCUT2D eigenvalue weighted by Crippen LogP contribution is 2.60. The minimum atomic E-state index is 0.272. The fraction of sp³-hybridized carbons (Fsp3) is 0.810. The van der Waals surface area contributed by atoms with E-state index in [-0.39, 0.29) is 6.61 Å². The van der Waals surface area contributed by atoms with Gasteiger partial charge in [-0.05, 0) is 75.0 Å². The molecule has 0 aliphatic heterocycles. The molecule has 0 spiro atoms. The van der Waals surface area contributed by atoms with Crippen LogP contribution in [0, 0.1) is 22.7 Å². The molecule has 0 amide bonds. The van der Waals surface area contributed by atoms with E-state index in [2.05, 4.69) is 46.8 Å². The van der Waals surface area contributed by atoms with Crippen molar-refractivity contribution in [3.8, 4) is 0 Å². The van der Waals surface area contributed by atoms with Crippen LogP contribution in [0.25, 0.3) is 0 Å². The standard InChI is InChI=1S/C21H36O/c1-16(8-6-15-22)9-11-18-17(2)10-12-19-20(3,4)13-7-14-21(18,19)5/h8,10,18-19,22H,6-7,9,11-15H2,1-5H3/b16-8+/t18-,19-,21+/m0/s1. The third-order valence-electron chi connectivity index (χ3n) is 6.75. The van der Waals surface area contributed by atoms with Crippen molar-refractivity contribution in [2.75, 3.05) is 6.61 Å². The lowest BCUT2D eigenvalue weighted by atomic mass is 9.48. The van der Waals surface area contributed by atoms with Gasteiger partial charge in [0.25, 0.3) is 0 Å². The van der Waals surface area contributed by atoms with Gasteiger partial charge in [0.2, 0.25) is 0 Å². The molecule has 1 heteroatoms. The summed E-state index contributed by atoms with van der Waals surface area (Å²) >= 11 is 0. The van der Waals surface area contributed by atoms with E-state index in [1.165, 1.54) is 44.1 Å². The Balaban J connectivity index is 2.15. The fourth-order valence-corrected chi connectivity index (χ4v) is 5.48. The van der Waals surface area contributed by atoms with Gasteiger partial charge in [-0.1, -0.05) is 50.5 Å². The van der Waals surface area contributed by atoms with Crippen LogP contribution in [-0.2, 0) is 0 Å². The quantitative estimate of drug-likeness (QED) is 0.627. The molecular formula is C21H36O. The second-order valence-corrected chi connectivity index (χ2v) is 8.74. The zero-order chi connectivity index (χ0) is 16.4. The van der Waals surface area contributed by atoms with Crippen molar-refractivity contribution in [2.45, 2.75) is 79.6 Å². The third kappa shape index (κ3) is 3.50. The van der Waals surface area contributed by atoms with Gasteiger partial charge in [-0.25, -0.2) is 0 Å². The van der Waals surface area contributed by atoms with Gasteiger partial charge >= 0.3 is 0 Å². The molecule has 0 saturated heterocycles. The molecule has 2 rings (SSSR count). The molecule has 22 heavy (non-hydrogen) atoms. The Morgan fingerprint density at radius 3 is 2.73 bits per heavy atom. The van der Waals surface area contributed by atoms with E-state index < -0.39 is 0 Å². The maximum Gasteiger partial charge on any atom is 0.0465 e. The molecule has 0 aromatic heterocycles. The number of fused-ring (bicyclic) bond motifs is 1. The minimum Gasteiger partial charge on any atom is -0.396 e. The highest BCUT2D eigenvalue weighted by molar-refractivity contribution is 5.18. The Labute approximate surface area is 137 Å². The van der Waals surface area contributed by atoms with E-state index in [4.69, 9.17) is 5.11 Å². The van der Waals surface area contributed by atoms with Crippen LogP contribution in [0.4, 0.5) is 0 Å². The molecule has 2 aliphatic rings. The van der Waals surface area contributed by atoms with Crippen molar-refractivity contribution in [1.29, 1.82) is 0 Å². The van der Waals surface area contributed by atoms with Crippen molar-refractivity contribution in [3.05, 3.63) is 23.3 Å². The molecule has 1 nitrogen and oxygen atoms in total. The Bertz CT molecular complexity index is 443. The first kappa shape index (κ1) is 17.8. The maximum atomic E-state index is 8.97. The first-order valence-electron chi connectivity index (χ1n) is 9.24. The first-order chi connectivity index (χ1) is 10.3. The van der Waals surface area contributed by atoms with Crippen LogP contribution < -0.4 is 0 Å². The van der Waals surface area contributed by atoms with E-state index in [0.29, 0.717) is 10.8 Å². The number of hydrogen-bond donors (Lipinski definition) is 1. The van der Waals surface area contributed by atoms with Gasteiger partial charge in [0, 0.05) is 6.61 Å². The van der Waals surface area contributed by atoms with E-state index in [1.54, 1.807) is 5.57 Å². The topological polar surface area (TPSA) is 20.2 Å². The summed E-state index contributed by atoms with van der Waals surface area (Å²) in [5.41, 5.74) is 4.05. The van der Waals surface area contributed by atoms with E-state index in [9.17, 15) is 0 Å². The van der Waals surface area contributed by atoms with E-state index in [0.717, 1.165) is 18.3 Å². The highest BCUT2D eigenvalue weighted by Gasteiger charge is 2.51. The predicted molar refractivity (Wildman–Crippen MR) is 95.8 cm³/mol. The Morgan fingerprint density at radius 1 is 1.32 bits per heavy atom. The van der Waals surface area contributed by atoms with Gasteiger partial charge < -0.3 is 5.11 Å². The average Bonchev–Trinajstić information content (AvgIpc) is 2.43. The highest BCUT2D eigenvalue weighted by atomic mass is 16.2. The van der Waals surface area contributed by atoms with Gasteiger partial charge in [0.15, 0.2) is 0 Å². The predicted octanol–water partition coefficient (Wildman–Crippen LogP) is 5.89. The summed E-state index contributed by atoms with van der Waals surface area (Å²) in [6.07, 6.45) is 13.5. The molecule has 0 bridgehead atoms. The Morgan fingerprint density at radius 2 is 2.05 bits per heavy atom. The van der Waals surface area contributed by atoms with Crippen molar-refractivity contribution in [2.24, 2.45) is 22.7 Å². The SMILES string of the molecule is CC1=CC[C@H]2C(C)(C)CCC[C@]2(C)[C@H]1CC/C(C)=C/CCO. The summed E-state index contributed by atoms with van der Waals surface area (Å²) in [5, 5.41) is 8.97. The largest absolute Gasteiger partial charge is 0.396 e. The first-order valence-corrected chi connectivity index (χ1v) is 9.24. The van der Waals surface area contributed by atoms with Gasteiger partial charge in [0.1, 0.15) is 0 Å². The summed E-state index contributed by atoms with van der Waals surface area (Å²) in [6, 6.07) is 0. The van der Waals surface area contributed by atoms with E-state index >= 15 is 0 Å². The summed E-state index contributed by atoms with van der Waals surface area (Å²) in [6.45, 7) is 12.4. The number of rotatable bonds is 5. The Hall–Kier alpha value is -0.560. The van der Waals surface area contributed by atoms with Crippen molar-refractivity contribution in [1.82, 2.24) is 0 Å². The van der Waals surface area contributed by atoms with E-state index in [1.807, 2.05) is 0 Å². The van der Waals surface area contributed by atoms with Crippen molar-refractivity contribution >= 4 is 0 Å². The number of aliphatic hydroxyl groups excluding tert-OH is 1. The van der Waals surface area contributed by atoms with Crippen molar-refractivity contribution < 1.29 is 5.11 Å². The lowest BCUT2D eigenvalue weighted by Gasteiger charge is -2.57. The van der Waals surface area contributed by atoms with Crippen LogP contribution in [0.2, 0.25) is 0 Å². The lowest BCUT2D eigenvalue weighted by molar-refractivity contribution is -0.0390. The number of allylic oxidation sites excluding steroid dienone is 3. The number of hydrogen-bond acceptors (Lipinski definition) is 1. The van der Waals surface area contributed by atoms with Crippen LogP contribution in [0.3, 0.4) is 0 Å². The molecule has 126 valence electrons. The average molecular weight is 305 g/mol.